The van der Waals surface area contributed by atoms with Gasteiger partial charge in [-0.15, -0.1) is 0 Å². The predicted molar refractivity (Wildman–Crippen MR) is 103 cm³/mol. The number of nitrogens with zero attached hydrogens (tertiary/aromatic N) is 2. The minimum absolute atomic E-state index is 0.292. The van der Waals surface area contributed by atoms with E-state index >= 15 is 0 Å². The summed E-state index contributed by atoms with van der Waals surface area (Å²) in [5.74, 6) is -1.46. The second kappa shape index (κ2) is 7.35. The van der Waals surface area contributed by atoms with E-state index in [-0.39, 0.29) is 0 Å². The van der Waals surface area contributed by atoms with Crippen LogP contribution in [0.15, 0.2) is 64.3 Å². The van der Waals surface area contributed by atoms with Crippen molar-refractivity contribution in [1.29, 1.82) is 5.26 Å². The van der Waals surface area contributed by atoms with Crippen LogP contribution >= 0.6 is 23.2 Å². The molecule has 1 atom stereocenters. The Balaban J connectivity index is 2.07. The Morgan fingerprint density at radius 3 is 2.11 bits per heavy atom. The number of carbonyl (C=O) groups is 1. The van der Waals surface area contributed by atoms with E-state index in [1.807, 2.05) is 4.98 Å². The van der Waals surface area contributed by atoms with E-state index in [9.17, 15) is 19.6 Å². The second-order valence-electron chi connectivity index (χ2n) is 5.80. The van der Waals surface area contributed by atoms with E-state index in [4.69, 9.17) is 28.3 Å². The van der Waals surface area contributed by atoms with Crippen LogP contribution in [-0.2, 0) is 4.87 Å². The number of alkyl halides is 1. The van der Waals surface area contributed by atoms with Crippen LogP contribution < -0.4 is 11.2 Å². The Morgan fingerprint density at radius 1 is 1.07 bits per heavy atom. The van der Waals surface area contributed by atoms with Crippen LogP contribution in [0.1, 0.15) is 21.5 Å². The van der Waals surface area contributed by atoms with Crippen LogP contribution in [0.4, 0.5) is 0 Å². The zero-order chi connectivity index (χ0) is 20.5. The van der Waals surface area contributed by atoms with E-state index in [2.05, 4.69) is 6.07 Å². The molecule has 3 rings (SSSR count). The summed E-state index contributed by atoms with van der Waals surface area (Å²) >= 11 is 12.4. The lowest BCUT2D eigenvalue weighted by atomic mass is 9.91. The number of rotatable bonds is 4. The van der Waals surface area contributed by atoms with Gasteiger partial charge in [0.15, 0.2) is 4.87 Å². The Bertz CT molecular complexity index is 1210. The highest BCUT2D eigenvalue weighted by Gasteiger charge is 2.32. The molecule has 2 aromatic carbocycles. The smallest absolute Gasteiger partial charge is 0.342 e. The van der Waals surface area contributed by atoms with Crippen molar-refractivity contribution in [3.63, 3.8) is 0 Å². The number of aromatic nitrogens is 2. The summed E-state index contributed by atoms with van der Waals surface area (Å²) in [5, 5.41) is 19.2. The van der Waals surface area contributed by atoms with Gasteiger partial charge in [0.25, 0.3) is 5.56 Å². The molecule has 0 bridgehead atoms. The number of aromatic carboxylic acids is 1. The fraction of sp³-hybridized carbons (Fsp3) is 0.0526. The first-order chi connectivity index (χ1) is 13.3. The molecule has 0 amide bonds. The molecule has 0 saturated carbocycles. The average molecular weight is 416 g/mol. The van der Waals surface area contributed by atoms with Gasteiger partial charge in [0.05, 0.1) is 11.8 Å². The monoisotopic (exact) mass is 415 g/mol. The van der Waals surface area contributed by atoms with Gasteiger partial charge in [0.1, 0.15) is 5.56 Å². The number of carboxylic acids is 1. The largest absolute Gasteiger partial charge is 0.477 e. The summed E-state index contributed by atoms with van der Waals surface area (Å²) in [5.41, 5.74) is -1.11. The molecule has 0 spiro atoms. The third-order valence-corrected chi connectivity index (χ3v) is 4.88. The Hall–Kier alpha value is -3.34. The quantitative estimate of drug-likeness (QED) is 0.635. The van der Waals surface area contributed by atoms with Crippen molar-refractivity contribution < 1.29 is 9.90 Å². The third-order valence-electron chi connectivity index (χ3n) is 4.11. The zero-order valence-corrected chi connectivity index (χ0v) is 15.5. The first-order valence-electron chi connectivity index (χ1n) is 7.82. The standard InChI is InChI=1S/C19H11Cl2N3O4/c20-13-5-1-11(2-6-13)19(21,10-22)12-3-7-14(8-4-12)24-9-15(17(26)27)16(25)23-18(24)28/h1-9H,(H,26,27)(H,23,25,28). The number of H-pyrrole nitrogens is 1. The molecule has 140 valence electrons. The molecule has 0 aliphatic carbocycles. The molecular formula is C19H11Cl2N3O4. The van der Waals surface area contributed by atoms with Crippen LogP contribution in [0.2, 0.25) is 5.02 Å². The third kappa shape index (κ3) is 3.43. The van der Waals surface area contributed by atoms with E-state index in [0.29, 0.717) is 21.8 Å². The highest BCUT2D eigenvalue weighted by molar-refractivity contribution is 6.31. The molecule has 1 unspecified atom stereocenters. The van der Waals surface area contributed by atoms with Gasteiger partial charge >= 0.3 is 11.7 Å². The Labute approximate surface area is 168 Å². The molecule has 28 heavy (non-hydrogen) atoms. The van der Waals surface area contributed by atoms with E-state index < -0.39 is 27.7 Å². The lowest BCUT2D eigenvalue weighted by Crippen LogP contribution is -2.32. The fourth-order valence-electron chi connectivity index (χ4n) is 2.64. The van der Waals surface area contributed by atoms with E-state index in [1.54, 1.807) is 24.3 Å². The maximum Gasteiger partial charge on any atom is 0.342 e. The minimum atomic E-state index is -1.48. The zero-order valence-electron chi connectivity index (χ0n) is 14.0. The Morgan fingerprint density at radius 2 is 1.61 bits per heavy atom. The molecule has 2 N–H and O–H groups in total. The molecule has 1 aromatic heterocycles. The summed E-state index contributed by atoms with van der Waals surface area (Å²) < 4.78 is 0.985. The van der Waals surface area contributed by atoms with Crippen molar-refractivity contribution in [2.24, 2.45) is 0 Å². The molecule has 1 heterocycles. The predicted octanol–water partition coefficient (Wildman–Crippen LogP) is 2.88. The van der Waals surface area contributed by atoms with Crippen molar-refractivity contribution in [3.8, 4) is 11.8 Å². The van der Waals surface area contributed by atoms with Crippen LogP contribution in [0.5, 0.6) is 0 Å². The van der Waals surface area contributed by atoms with Crippen molar-refractivity contribution in [3.05, 3.63) is 97.3 Å². The van der Waals surface area contributed by atoms with Crippen molar-refractivity contribution in [2.45, 2.75) is 4.87 Å². The lowest BCUT2D eigenvalue weighted by molar-refractivity contribution is 0.0694. The molecule has 9 heteroatoms. The number of hydrogen-bond donors (Lipinski definition) is 2. The van der Waals surface area contributed by atoms with Gasteiger partial charge in [-0.05, 0) is 35.4 Å². The number of benzene rings is 2. The fourth-order valence-corrected chi connectivity index (χ4v) is 3.02. The molecule has 0 aliphatic heterocycles. The summed E-state index contributed by atoms with van der Waals surface area (Å²) in [6, 6.07) is 14.6. The average Bonchev–Trinajstić information content (AvgIpc) is 2.68. The number of nitriles is 1. The van der Waals surface area contributed by atoms with Gasteiger partial charge in [-0.1, -0.05) is 47.5 Å². The topological polar surface area (TPSA) is 116 Å². The van der Waals surface area contributed by atoms with Gasteiger partial charge in [-0.2, -0.15) is 5.26 Å². The van der Waals surface area contributed by atoms with Crippen molar-refractivity contribution >= 4 is 29.2 Å². The summed E-state index contributed by atoms with van der Waals surface area (Å²) in [7, 11) is 0. The van der Waals surface area contributed by atoms with E-state index in [0.717, 1.165) is 10.8 Å². The highest BCUT2D eigenvalue weighted by Crippen LogP contribution is 2.36. The first-order valence-corrected chi connectivity index (χ1v) is 8.58. The maximum atomic E-state index is 12.0. The molecule has 0 aliphatic rings. The summed E-state index contributed by atoms with van der Waals surface area (Å²) in [6.07, 6.45) is 0.940. The van der Waals surface area contributed by atoms with Crippen molar-refractivity contribution in [1.82, 2.24) is 9.55 Å². The Kier molecular flexibility index (Phi) is 5.10. The molecule has 0 saturated heterocycles. The minimum Gasteiger partial charge on any atom is -0.477 e. The molecule has 0 radical (unpaired) electrons. The van der Waals surface area contributed by atoms with Crippen LogP contribution in [0, 0.1) is 11.3 Å². The molecule has 3 aromatic rings. The number of halogens is 2. The number of nitrogens with one attached hydrogen (secondary N) is 1. The summed E-state index contributed by atoms with van der Waals surface area (Å²) in [4.78, 5) is 35.2. The molecule has 7 nitrogen and oxygen atoms in total. The first kappa shape index (κ1) is 19.4. The number of hydrogen-bond acceptors (Lipinski definition) is 4. The second-order valence-corrected chi connectivity index (χ2v) is 6.80. The van der Waals surface area contributed by atoms with Crippen LogP contribution in [0.3, 0.4) is 0 Å². The van der Waals surface area contributed by atoms with Crippen molar-refractivity contribution in [2.75, 3.05) is 0 Å². The molecule has 0 fully saturated rings. The lowest BCUT2D eigenvalue weighted by Gasteiger charge is -2.20. The summed E-state index contributed by atoms with van der Waals surface area (Å²) in [6.45, 7) is 0. The number of aromatic amines is 1. The van der Waals surface area contributed by atoms with Gasteiger partial charge in [0.2, 0.25) is 0 Å². The van der Waals surface area contributed by atoms with Gasteiger partial charge in [-0.3, -0.25) is 14.3 Å². The van der Waals surface area contributed by atoms with Gasteiger partial charge in [-0.25, -0.2) is 9.59 Å². The van der Waals surface area contributed by atoms with Crippen LogP contribution in [0.25, 0.3) is 5.69 Å². The maximum absolute atomic E-state index is 12.0. The van der Waals surface area contributed by atoms with Gasteiger partial charge in [0, 0.05) is 11.2 Å². The van der Waals surface area contributed by atoms with Crippen LogP contribution in [-0.4, -0.2) is 20.6 Å². The molecular weight excluding hydrogens is 405 g/mol. The van der Waals surface area contributed by atoms with Gasteiger partial charge < -0.3 is 5.11 Å². The normalized spacial score (nSPS) is 12.8. The van der Waals surface area contributed by atoms with E-state index in [1.165, 1.54) is 24.3 Å². The SMILES string of the molecule is N#CC(Cl)(c1ccc(Cl)cc1)c1ccc(-n2cc(C(=O)O)c(=O)[nH]c2=O)cc1. The number of carboxylic acid groups (broad SMARTS) is 1. The highest BCUT2D eigenvalue weighted by atomic mass is 35.5.